The van der Waals surface area contributed by atoms with Crippen LogP contribution in [0.25, 0.3) is 0 Å². The Labute approximate surface area is 118 Å². The van der Waals surface area contributed by atoms with Crippen LogP contribution in [0, 0.1) is 0 Å². The third-order valence-corrected chi connectivity index (χ3v) is 3.82. The number of aromatic nitrogens is 3. The van der Waals surface area contributed by atoms with Crippen molar-refractivity contribution in [3.05, 3.63) is 41.7 Å². The largest absolute Gasteiger partial charge is 0.321 e. The molecule has 0 aliphatic heterocycles. The molecule has 102 valence electrons. The van der Waals surface area contributed by atoms with Gasteiger partial charge in [-0.25, -0.2) is 0 Å². The molecule has 0 amide bonds. The van der Waals surface area contributed by atoms with E-state index in [1.807, 2.05) is 18.2 Å². The molecule has 4 nitrogen and oxygen atoms in total. The lowest BCUT2D eigenvalue weighted by Crippen LogP contribution is -2.17. The van der Waals surface area contributed by atoms with Crippen molar-refractivity contribution >= 4 is 11.8 Å². The van der Waals surface area contributed by atoms with Crippen molar-refractivity contribution in [2.24, 2.45) is 5.73 Å². The van der Waals surface area contributed by atoms with Gasteiger partial charge < -0.3 is 10.3 Å². The Morgan fingerprint density at radius 2 is 1.95 bits per heavy atom. The summed E-state index contributed by atoms with van der Waals surface area (Å²) in [4.78, 5) is 0. The predicted octanol–water partition coefficient (Wildman–Crippen LogP) is 2.85. The number of thioether (sulfide) groups is 1. The van der Waals surface area contributed by atoms with Gasteiger partial charge in [-0.15, -0.1) is 10.2 Å². The maximum Gasteiger partial charge on any atom is 0.191 e. The van der Waals surface area contributed by atoms with Crippen LogP contribution in [-0.2, 0) is 6.54 Å². The first-order valence-electron chi connectivity index (χ1n) is 6.61. The number of rotatable bonds is 6. The van der Waals surface area contributed by atoms with Gasteiger partial charge in [-0.2, -0.15) is 0 Å². The number of hydrogen-bond donors (Lipinski definition) is 1. The van der Waals surface area contributed by atoms with Crippen molar-refractivity contribution in [1.29, 1.82) is 0 Å². The highest BCUT2D eigenvalue weighted by Gasteiger charge is 2.17. The van der Waals surface area contributed by atoms with Crippen LogP contribution < -0.4 is 5.73 Å². The van der Waals surface area contributed by atoms with Crippen molar-refractivity contribution in [3.8, 4) is 0 Å². The van der Waals surface area contributed by atoms with Crippen LogP contribution in [0.5, 0.6) is 0 Å². The maximum atomic E-state index is 6.13. The van der Waals surface area contributed by atoms with Crippen LogP contribution in [0.4, 0.5) is 0 Å². The lowest BCUT2D eigenvalue weighted by molar-refractivity contribution is 0.578. The summed E-state index contributed by atoms with van der Waals surface area (Å²) < 4.78 is 2.14. The Kier molecular flexibility index (Phi) is 4.99. The van der Waals surface area contributed by atoms with Crippen molar-refractivity contribution in [2.75, 3.05) is 5.75 Å². The molecule has 1 atom stereocenters. The quantitative estimate of drug-likeness (QED) is 0.824. The van der Waals surface area contributed by atoms with E-state index in [9.17, 15) is 0 Å². The third kappa shape index (κ3) is 3.36. The maximum absolute atomic E-state index is 6.13. The van der Waals surface area contributed by atoms with Gasteiger partial charge in [-0.3, -0.25) is 0 Å². The van der Waals surface area contributed by atoms with Gasteiger partial charge in [0.05, 0.1) is 12.6 Å². The topological polar surface area (TPSA) is 56.7 Å². The van der Waals surface area contributed by atoms with Gasteiger partial charge in [0, 0.05) is 0 Å². The zero-order chi connectivity index (χ0) is 13.7. The first-order valence-corrected chi connectivity index (χ1v) is 7.60. The Morgan fingerprint density at radius 1 is 1.21 bits per heavy atom. The van der Waals surface area contributed by atoms with E-state index in [2.05, 4.69) is 40.7 Å². The van der Waals surface area contributed by atoms with E-state index in [-0.39, 0.29) is 6.04 Å². The van der Waals surface area contributed by atoms with E-state index in [4.69, 9.17) is 5.73 Å². The molecular formula is C14H20N4S. The lowest BCUT2D eigenvalue weighted by atomic mass is 10.2. The lowest BCUT2D eigenvalue weighted by Gasteiger charge is -2.13. The molecule has 1 heterocycles. The van der Waals surface area contributed by atoms with Crippen LogP contribution in [0.15, 0.2) is 35.5 Å². The summed E-state index contributed by atoms with van der Waals surface area (Å²) in [5.74, 6) is 1.86. The fraction of sp³-hybridized carbons (Fsp3) is 0.429. The van der Waals surface area contributed by atoms with Gasteiger partial charge in [0.2, 0.25) is 0 Å². The predicted molar refractivity (Wildman–Crippen MR) is 79.2 cm³/mol. The molecule has 0 aliphatic rings. The molecule has 0 aliphatic carbocycles. The zero-order valence-corrected chi connectivity index (χ0v) is 12.2. The molecule has 1 aromatic heterocycles. The molecule has 2 N–H and O–H groups in total. The monoisotopic (exact) mass is 276 g/mol. The summed E-state index contributed by atoms with van der Waals surface area (Å²) in [7, 11) is 0. The summed E-state index contributed by atoms with van der Waals surface area (Å²) >= 11 is 1.70. The van der Waals surface area contributed by atoms with Crippen LogP contribution in [0.2, 0.25) is 0 Å². The molecule has 0 bridgehead atoms. The van der Waals surface area contributed by atoms with E-state index in [1.165, 1.54) is 5.56 Å². The summed E-state index contributed by atoms with van der Waals surface area (Å²) in [5.41, 5.74) is 7.37. The fourth-order valence-electron chi connectivity index (χ4n) is 1.91. The average Bonchev–Trinajstić information content (AvgIpc) is 2.83. The smallest absolute Gasteiger partial charge is 0.191 e. The van der Waals surface area contributed by atoms with E-state index in [1.54, 1.807) is 11.8 Å². The fourth-order valence-corrected chi connectivity index (χ4v) is 2.58. The van der Waals surface area contributed by atoms with Gasteiger partial charge >= 0.3 is 0 Å². The second-order valence-electron chi connectivity index (χ2n) is 4.36. The molecule has 0 radical (unpaired) electrons. The molecule has 2 aromatic rings. The molecule has 0 fully saturated rings. The second-order valence-corrected chi connectivity index (χ2v) is 5.59. The second kappa shape index (κ2) is 6.73. The van der Waals surface area contributed by atoms with E-state index >= 15 is 0 Å². The molecule has 1 unspecified atom stereocenters. The molecule has 19 heavy (non-hydrogen) atoms. The highest BCUT2D eigenvalue weighted by atomic mass is 32.2. The molecule has 0 saturated heterocycles. The molecule has 0 saturated carbocycles. The average molecular weight is 276 g/mol. The van der Waals surface area contributed by atoms with E-state index < -0.39 is 0 Å². The standard InChI is InChI=1S/C14H20N4S/c1-3-12(15)13-16-17-14(19-4-2)18(13)10-11-8-6-5-7-9-11/h5-9,12H,3-4,10,15H2,1-2H3. The molecule has 1 aromatic carbocycles. The Hall–Kier alpha value is -1.33. The van der Waals surface area contributed by atoms with Gasteiger partial charge in [-0.1, -0.05) is 55.9 Å². The van der Waals surface area contributed by atoms with Crippen LogP contribution in [0.3, 0.4) is 0 Å². The minimum atomic E-state index is -0.0533. The highest BCUT2D eigenvalue weighted by molar-refractivity contribution is 7.99. The van der Waals surface area contributed by atoms with Gasteiger partial charge in [0.1, 0.15) is 0 Å². The number of benzene rings is 1. The van der Waals surface area contributed by atoms with E-state index in [0.717, 1.165) is 29.7 Å². The van der Waals surface area contributed by atoms with Gasteiger partial charge in [0.25, 0.3) is 0 Å². The number of hydrogen-bond acceptors (Lipinski definition) is 4. The molecule has 0 spiro atoms. The highest BCUT2D eigenvalue weighted by Crippen LogP contribution is 2.22. The van der Waals surface area contributed by atoms with Crippen LogP contribution in [-0.4, -0.2) is 20.5 Å². The van der Waals surface area contributed by atoms with Gasteiger partial charge in [-0.05, 0) is 17.7 Å². The SMILES string of the molecule is CCSc1nnc(C(N)CC)n1Cc1ccccc1. The zero-order valence-electron chi connectivity index (χ0n) is 11.4. The van der Waals surface area contributed by atoms with Crippen LogP contribution in [0.1, 0.15) is 37.7 Å². The minimum absolute atomic E-state index is 0.0533. The number of nitrogens with zero attached hydrogens (tertiary/aromatic N) is 3. The Balaban J connectivity index is 2.32. The van der Waals surface area contributed by atoms with Crippen molar-refractivity contribution < 1.29 is 0 Å². The summed E-state index contributed by atoms with van der Waals surface area (Å²) in [5, 5.41) is 9.49. The van der Waals surface area contributed by atoms with Crippen molar-refractivity contribution in [1.82, 2.24) is 14.8 Å². The molecule has 2 rings (SSSR count). The third-order valence-electron chi connectivity index (χ3n) is 2.97. The normalized spacial score (nSPS) is 12.6. The Bertz CT molecular complexity index is 509. The van der Waals surface area contributed by atoms with Crippen LogP contribution >= 0.6 is 11.8 Å². The van der Waals surface area contributed by atoms with Crippen molar-refractivity contribution in [2.45, 2.75) is 38.0 Å². The minimum Gasteiger partial charge on any atom is -0.321 e. The van der Waals surface area contributed by atoms with Crippen molar-refractivity contribution in [3.63, 3.8) is 0 Å². The summed E-state index contributed by atoms with van der Waals surface area (Å²) in [6.07, 6.45) is 0.865. The summed E-state index contributed by atoms with van der Waals surface area (Å²) in [6.45, 7) is 4.96. The summed E-state index contributed by atoms with van der Waals surface area (Å²) in [6, 6.07) is 10.3. The molecule has 5 heteroatoms. The number of nitrogens with two attached hydrogens (primary N) is 1. The first kappa shape index (κ1) is 14.1. The van der Waals surface area contributed by atoms with E-state index in [0.29, 0.717) is 0 Å². The van der Waals surface area contributed by atoms with Gasteiger partial charge in [0.15, 0.2) is 11.0 Å². The molecular weight excluding hydrogens is 256 g/mol. The Morgan fingerprint density at radius 3 is 2.58 bits per heavy atom. The first-order chi connectivity index (χ1) is 9.26.